The number of nitrogens with zero attached hydrogens (tertiary/aromatic N) is 1. The summed E-state index contributed by atoms with van der Waals surface area (Å²) in [6, 6.07) is 13.1. The molecule has 1 aromatic carbocycles. The van der Waals surface area contributed by atoms with Crippen LogP contribution in [0.25, 0.3) is 22.5 Å². The normalized spacial score (nSPS) is 13.2. The number of benzene rings is 1. The van der Waals surface area contributed by atoms with E-state index in [4.69, 9.17) is 0 Å². The molecule has 5 nitrogen and oxygen atoms in total. The van der Waals surface area contributed by atoms with E-state index in [1.54, 1.807) is 12.3 Å². The molecular formula is C19H15N3O2. The third-order valence-electron chi connectivity index (χ3n) is 4.19. The predicted octanol–water partition coefficient (Wildman–Crippen LogP) is 2.84. The summed E-state index contributed by atoms with van der Waals surface area (Å²) in [4.78, 5) is 30.6. The van der Waals surface area contributed by atoms with Crippen LogP contribution < -0.4 is 5.32 Å². The Morgan fingerprint density at radius 1 is 1.08 bits per heavy atom. The lowest BCUT2D eigenvalue weighted by Crippen LogP contribution is -2.31. The second-order valence-corrected chi connectivity index (χ2v) is 5.75. The Labute approximate surface area is 138 Å². The third kappa shape index (κ3) is 2.50. The molecule has 0 aliphatic carbocycles. The summed E-state index contributed by atoms with van der Waals surface area (Å²) < 4.78 is 0. The molecule has 0 fully saturated rings. The summed E-state index contributed by atoms with van der Waals surface area (Å²) in [5, 5.41) is 2.85. The van der Waals surface area contributed by atoms with Gasteiger partial charge < -0.3 is 10.3 Å². The van der Waals surface area contributed by atoms with Crippen LogP contribution in [0.15, 0.2) is 48.7 Å². The number of amides is 1. The molecule has 0 bridgehead atoms. The van der Waals surface area contributed by atoms with Crippen LogP contribution in [-0.4, -0.2) is 28.7 Å². The number of H-pyrrole nitrogens is 1. The Hall–Kier alpha value is -3.21. The van der Waals surface area contributed by atoms with Crippen LogP contribution in [0.1, 0.15) is 26.4 Å². The van der Waals surface area contributed by atoms with Gasteiger partial charge in [0, 0.05) is 47.2 Å². The summed E-state index contributed by atoms with van der Waals surface area (Å²) in [7, 11) is 0. The van der Waals surface area contributed by atoms with Crippen LogP contribution >= 0.6 is 0 Å². The van der Waals surface area contributed by atoms with Gasteiger partial charge in [-0.15, -0.1) is 0 Å². The van der Waals surface area contributed by atoms with E-state index in [1.807, 2.05) is 36.4 Å². The molecule has 3 aromatic rings. The Kier molecular flexibility index (Phi) is 3.46. The van der Waals surface area contributed by atoms with Crippen LogP contribution in [0.2, 0.25) is 0 Å². The van der Waals surface area contributed by atoms with Gasteiger partial charge in [0.25, 0.3) is 5.91 Å². The number of aldehydes is 1. The number of carbonyl (C=O) groups is 2. The number of hydrogen-bond donors (Lipinski definition) is 2. The largest absolute Gasteiger partial charge is 0.358 e. The van der Waals surface area contributed by atoms with Crippen LogP contribution in [0, 0.1) is 0 Å². The number of carbonyl (C=O) groups excluding carboxylic acids is 2. The number of nitrogens with one attached hydrogen (secondary N) is 2. The summed E-state index contributed by atoms with van der Waals surface area (Å²) >= 11 is 0. The number of pyridine rings is 1. The number of hydrogen-bond acceptors (Lipinski definition) is 3. The molecule has 0 unspecified atom stereocenters. The van der Waals surface area contributed by atoms with E-state index in [-0.39, 0.29) is 5.91 Å². The van der Waals surface area contributed by atoms with Gasteiger partial charge in [-0.25, -0.2) is 0 Å². The zero-order chi connectivity index (χ0) is 16.5. The molecule has 1 aliphatic rings. The van der Waals surface area contributed by atoms with Crippen molar-refractivity contribution in [3.63, 3.8) is 0 Å². The molecule has 118 valence electrons. The topological polar surface area (TPSA) is 74.8 Å². The molecule has 2 aromatic heterocycles. The number of fused-ring (bicyclic) bond motifs is 1. The highest BCUT2D eigenvalue weighted by molar-refractivity contribution is 5.97. The van der Waals surface area contributed by atoms with Crippen LogP contribution in [0.3, 0.4) is 0 Å². The van der Waals surface area contributed by atoms with E-state index in [0.29, 0.717) is 17.7 Å². The molecular weight excluding hydrogens is 302 g/mol. The minimum atomic E-state index is -0.0355. The number of aromatic amines is 1. The summed E-state index contributed by atoms with van der Waals surface area (Å²) in [6.07, 6.45) is 3.36. The van der Waals surface area contributed by atoms with Crippen LogP contribution in [0.5, 0.6) is 0 Å². The second-order valence-electron chi connectivity index (χ2n) is 5.75. The van der Waals surface area contributed by atoms with Crippen molar-refractivity contribution < 1.29 is 9.59 Å². The van der Waals surface area contributed by atoms with Gasteiger partial charge in [0.2, 0.25) is 0 Å². The SMILES string of the molecule is O=Cc1cccc(-c2cc(-c3cc4c([nH]3)CCNC4=O)ccn2)c1. The van der Waals surface area contributed by atoms with Crippen molar-refractivity contribution in [2.45, 2.75) is 6.42 Å². The molecule has 2 N–H and O–H groups in total. The molecule has 0 radical (unpaired) electrons. The first-order valence-electron chi connectivity index (χ1n) is 7.77. The Balaban J connectivity index is 1.75. The van der Waals surface area contributed by atoms with E-state index in [2.05, 4.69) is 15.3 Å². The molecule has 1 amide bonds. The van der Waals surface area contributed by atoms with E-state index < -0.39 is 0 Å². The highest BCUT2D eigenvalue weighted by Crippen LogP contribution is 2.27. The molecule has 1 aliphatic heterocycles. The van der Waals surface area contributed by atoms with E-state index >= 15 is 0 Å². The average Bonchev–Trinajstić information content (AvgIpc) is 3.08. The van der Waals surface area contributed by atoms with Gasteiger partial charge in [-0.2, -0.15) is 0 Å². The monoisotopic (exact) mass is 317 g/mol. The maximum absolute atomic E-state index is 11.9. The van der Waals surface area contributed by atoms with Gasteiger partial charge in [-0.1, -0.05) is 18.2 Å². The Morgan fingerprint density at radius 3 is 2.83 bits per heavy atom. The van der Waals surface area contributed by atoms with Gasteiger partial charge in [0.15, 0.2) is 0 Å². The Morgan fingerprint density at radius 2 is 2.00 bits per heavy atom. The fraction of sp³-hybridized carbons (Fsp3) is 0.105. The minimum absolute atomic E-state index is 0.0355. The van der Waals surface area contributed by atoms with Crippen molar-refractivity contribution in [1.29, 1.82) is 0 Å². The molecule has 0 saturated carbocycles. The zero-order valence-electron chi connectivity index (χ0n) is 12.9. The van der Waals surface area contributed by atoms with E-state index in [1.165, 1.54) is 0 Å². The summed E-state index contributed by atoms with van der Waals surface area (Å²) in [5.74, 6) is -0.0355. The van der Waals surface area contributed by atoms with Crippen LogP contribution in [0.4, 0.5) is 0 Å². The van der Waals surface area contributed by atoms with E-state index in [0.717, 1.165) is 40.9 Å². The van der Waals surface area contributed by atoms with Crippen LogP contribution in [-0.2, 0) is 6.42 Å². The lowest BCUT2D eigenvalue weighted by Gasteiger charge is -2.10. The van der Waals surface area contributed by atoms with Gasteiger partial charge in [-0.05, 0) is 24.3 Å². The highest BCUT2D eigenvalue weighted by atomic mass is 16.1. The predicted molar refractivity (Wildman–Crippen MR) is 90.9 cm³/mol. The van der Waals surface area contributed by atoms with Gasteiger partial charge in [-0.3, -0.25) is 14.6 Å². The molecule has 4 rings (SSSR count). The number of rotatable bonds is 3. The van der Waals surface area contributed by atoms with Gasteiger partial charge >= 0.3 is 0 Å². The van der Waals surface area contributed by atoms with Crippen molar-refractivity contribution >= 4 is 12.2 Å². The van der Waals surface area contributed by atoms with Crippen molar-refractivity contribution in [2.24, 2.45) is 0 Å². The first-order chi connectivity index (χ1) is 11.7. The first-order valence-corrected chi connectivity index (χ1v) is 7.77. The van der Waals surface area contributed by atoms with Gasteiger partial charge in [0.05, 0.1) is 11.3 Å². The summed E-state index contributed by atoms with van der Waals surface area (Å²) in [6.45, 7) is 0.659. The average molecular weight is 317 g/mol. The summed E-state index contributed by atoms with van der Waals surface area (Å²) in [5.41, 5.74) is 5.81. The fourth-order valence-electron chi connectivity index (χ4n) is 2.98. The molecule has 3 heterocycles. The minimum Gasteiger partial charge on any atom is -0.358 e. The third-order valence-corrected chi connectivity index (χ3v) is 4.19. The van der Waals surface area contributed by atoms with Crippen molar-refractivity contribution in [3.05, 3.63) is 65.5 Å². The van der Waals surface area contributed by atoms with Crippen molar-refractivity contribution in [1.82, 2.24) is 15.3 Å². The molecule has 0 spiro atoms. The first kappa shape index (κ1) is 14.4. The molecule has 0 atom stereocenters. The van der Waals surface area contributed by atoms with Crippen molar-refractivity contribution in [3.8, 4) is 22.5 Å². The quantitative estimate of drug-likeness (QED) is 0.729. The van der Waals surface area contributed by atoms with Crippen molar-refractivity contribution in [2.75, 3.05) is 6.54 Å². The maximum atomic E-state index is 11.9. The second kappa shape index (κ2) is 5.77. The molecule has 5 heteroatoms. The highest BCUT2D eigenvalue weighted by Gasteiger charge is 2.20. The lowest BCUT2D eigenvalue weighted by molar-refractivity contribution is 0.0945. The molecule has 0 saturated heterocycles. The fourth-order valence-corrected chi connectivity index (χ4v) is 2.98. The Bertz CT molecular complexity index is 943. The maximum Gasteiger partial charge on any atom is 0.253 e. The lowest BCUT2D eigenvalue weighted by atomic mass is 10.0. The smallest absolute Gasteiger partial charge is 0.253 e. The molecule has 24 heavy (non-hydrogen) atoms. The zero-order valence-corrected chi connectivity index (χ0v) is 12.9. The number of aromatic nitrogens is 2. The standard InChI is InChI=1S/C19H15N3O2/c23-11-12-2-1-3-13(8-12)17-9-14(4-6-20-17)18-10-15-16(22-18)5-7-21-19(15)24/h1-4,6,8-11,22H,5,7H2,(H,21,24). The van der Waals surface area contributed by atoms with Gasteiger partial charge in [0.1, 0.15) is 6.29 Å². The van der Waals surface area contributed by atoms with E-state index in [9.17, 15) is 9.59 Å².